The van der Waals surface area contributed by atoms with E-state index in [9.17, 15) is 4.79 Å². The Hall–Kier alpha value is -0.590. The van der Waals surface area contributed by atoms with Crippen LogP contribution in [0.4, 0.5) is 0 Å². The first-order valence-electron chi connectivity index (χ1n) is 6.65. The van der Waals surface area contributed by atoms with Gasteiger partial charge in [-0.15, -0.1) is 11.3 Å². The lowest BCUT2D eigenvalue weighted by Gasteiger charge is -2.28. The molecule has 2 N–H and O–H groups in total. The highest BCUT2D eigenvalue weighted by atomic mass is 32.2. The highest BCUT2D eigenvalue weighted by Crippen LogP contribution is 2.38. The first-order chi connectivity index (χ1) is 9.16. The van der Waals surface area contributed by atoms with Crippen LogP contribution >= 0.6 is 23.1 Å². The summed E-state index contributed by atoms with van der Waals surface area (Å²) in [6, 6.07) is 0. The predicted octanol–water partition coefficient (Wildman–Crippen LogP) is 2.69. The fourth-order valence-corrected chi connectivity index (χ4v) is 4.37. The number of thioether (sulfide) groups is 1. The highest BCUT2D eigenvalue weighted by Gasteiger charge is 2.46. The highest BCUT2D eigenvalue weighted by molar-refractivity contribution is 8.00. The Bertz CT molecular complexity index is 411. The lowest BCUT2D eigenvalue weighted by Crippen LogP contribution is -2.52. The number of carbonyl (C=O) groups is 1. The van der Waals surface area contributed by atoms with Crippen LogP contribution < -0.4 is 5.73 Å². The molecule has 2 atom stereocenters. The van der Waals surface area contributed by atoms with Gasteiger partial charge in [0.15, 0.2) is 0 Å². The van der Waals surface area contributed by atoms with E-state index in [4.69, 9.17) is 10.5 Å². The zero-order valence-corrected chi connectivity index (χ0v) is 12.8. The Balaban J connectivity index is 1.86. The van der Waals surface area contributed by atoms with Gasteiger partial charge in [-0.2, -0.15) is 0 Å². The summed E-state index contributed by atoms with van der Waals surface area (Å²) in [6.07, 6.45) is 5.54. The maximum absolute atomic E-state index is 12.0. The van der Waals surface area contributed by atoms with Crippen molar-refractivity contribution < 1.29 is 9.53 Å². The molecule has 0 spiro atoms. The van der Waals surface area contributed by atoms with E-state index in [-0.39, 0.29) is 11.9 Å². The van der Waals surface area contributed by atoms with Crippen molar-refractivity contribution in [1.29, 1.82) is 0 Å². The normalized spacial score (nSPS) is 26.5. The molecule has 6 heteroatoms. The number of ether oxygens (including phenoxy) is 1. The molecule has 2 unspecified atom stereocenters. The molecule has 2 rings (SSSR count). The van der Waals surface area contributed by atoms with Gasteiger partial charge in [0.1, 0.15) is 9.88 Å². The van der Waals surface area contributed by atoms with Gasteiger partial charge in [-0.25, -0.2) is 4.98 Å². The number of thiazole rings is 1. The molecule has 1 fully saturated rings. The number of rotatable bonds is 6. The van der Waals surface area contributed by atoms with Gasteiger partial charge in [-0.05, 0) is 32.1 Å². The molecule has 0 bridgehead atoms. The van der Waals surface area contributed by atoms with E-state index in [0.717, 1.165) is 35.8 Å². The van der Waals surface area contributed by atoms with Crippen LogP contribution in [0, 0.1) is 5.92 Å². The molecule has 0 aliphatic heterocycles. The van der Waals surface area contributed by atoms with Crippen LogP contribution in [0.1, 0.15) is 32.6 Å². The van der Waals surface area contributed by atoms with Crippen LogP contribution in [-0.2, 0) is 9.53 Å². The van der Waals surface area contributed by atoms with Crippen molar-refractivity contribution in [1.82, 2.24) is 4.98 Å². The van der Waals surface area contributed by atoms with E-state index in [0.29, 0.717) is 6.61 Å². The van der Waals surface area contributed by atoms with E-state index < -0.39 is 5.54 Å². The van der Waals surface area contributed by atoms with E-state index in [1.54, 1.807) is 23.1 Å². The van der Waals surface area contributed by atoms with Crippen LogP contribution in [0.3, 0.4) is 0 Å². The number of hydrogen-bond donors (Lipinski definition) is 1. The zero-order chi connectivity index (χ0) is 13.7. The SMILES string of the molecule is CCOC(=O)C1(N)CCCC1CCSc1nccs1. The molecule has 1 aliphatic rings. The molecule has 1 saturated carbocycles. The van der Waals surface area contributed by atoms with Crippen molar-refractivity contribution in [3.05, 3.63) is 11.6 Å². The first-order valence-corrected chi connectivity index (χ1v) is 8.51. The van der Waals surface area contributed by atoms with Crippen LogP contribution in [0.2, 0.25) is 0 Å². The minimum atomic E-state index is -0.764. The molecule has 0 amide bonds. The molecule has 1 aromatic heterocycles. The second-order valence-corrected chi connectivity index (χ2v) is 7.02. The standard InChI is InChI=1S/C13H20N2O2S2/c1-2-17-11(16)13(14)6-3-4-10(13)5-8-18-12-15-7-9-19-12/h7,9-10H,2-6,8,14H2,1H3. The molecule has 4 nitrogen and oxygen atoms in total. The largest absolute Gasteiger partial charge is 0.465 e. The fourth-order valence-electron chi connectivity index (χ4n) is 2.61. The van der Waals surface area contributed by atoms with Crippen LogP contribution in [-0.4, -0.2) is 28.9 Å². The van der Waals surface area contributed by atoms with Crippen molar-refractivity contribution in [2.24, 2.45) is 11.7 Å². The summed E-state index contributed by atoms with van der Waals surface area (Å²) in [5.74, 6) is 0.965. The number of nitrogens with two attached hydrogens (primary N) is 1. The van der Waals surface area contributed by atoms with Crippen molar-refractivity contribution in [2.45, 2.75) is 42.5 Å². The molecule has 106 valence electrons. The third-order valence-electron chi connectivity index (χ3n) is 3.63. The maximum atomic E-state index is 12.0. The molecule has 0 aromatic carbocycles. The molecular formula is C13H20N2O2S2. The van der Waals surface area contributed by atoms with Gasteiger partial charge in [0, 0.05) is 17.3 Å². The summed E-state index contributed by atoms with van der Waals surface area (Å²) >= 11 is 3.39. The Morgan fingerprint density at radius 1 is 1.74 bits per heavy atom. The van der Waals surface area contributed by atoms with Crippen LogP contribution in [0.5, 0.6) is 0 Å². The molecule has 19 heavy (non-hydrogen) atoms. The number of aromatic nitrogens is 1. The Labute approximate surface area is 122 Å². The van der Waals surface area contributed by atoms with Crippen LogP contribution in [0.25, 0.3) is 0 Å². The summed E-state index contributed by atoms with van der Waals surface area (Å²) in [5.41, 5.74) is 5.53. The van der Waals surface area contributed by atoms with Gasteiger partial charge in [-0.3, -0.25) is 4.79 Å². The molecular weight excluding hydrogens is 280 g/mol. The smallest absolute Gasteiger partial charge is 0.326 e. The second kappa shape index (κ2) is 6.72. The Morgan fingerprint density at radius 3 is 3.26 bits per heavy atom. The average molecular weight is 300 g/mol. The lowest BCUT2D eigenvalue weighted by atomic mass is 9.86. The molecule has 1 aromatic rings. The topological polar surface area (TPSA) is 65.2 Å². The summed E-state index contributed by atoms with van der Waals surface area (Å²) in [4.78, 5) is 16.2. The van der Waals surface area contributed by atoms with Crippen molar-refractivity contribution in [3.63, 3.8) is 0 Å². The minimum absolute atomic E-state index is 0.225. The predicted molar refractivity (Wildman–Crippen MR) is 78.3 cm³/mol. The number of carbonyl (C=O) groups excluding carboxylic acids is 1. The molecule has 1 heterocycles. The van der Waals surface area contributed by atoms with E-state index >= 15 is 0 Å². The van der Waals surface area contributed by atoms with Gasteiger partial charge < -0.3 is 10.5 Å². The Morgan fingerprint density at radius 2 is 2.58 bits per heavy atom. The molecule has 0 radical (unpaired) electrons. The first kappa shape index (κ1) is 14.8. The maximum Gasteiger partial charge on any atom is 0.326 e. The lowest BCUT2D eigenvalue weighted by molar-refractivity contribution is -0.151. The van der Waals surface area contributed by atoms with Gasteiger partial charge in [0.05, 0.1) is 6.61 Å². The summed E-state index contributed by atoms with van der Waals surface area (Å²) in [6.45, 7) is 2.22. The summed E-state index contributed by atoms with van der Waals surface area (Å²) in [7, 11) is 0. The number of hydrogen-bond acceptors (Lipinski definition) is 6. The molecule has 0 saturated heterocycles. The van der Waals surface area contributed by atoms with Gasteiger partial charge >= 0.3 is 5.97 Å². The van der Waals surface area contributed by atoms with Crippen molar-refractivity contribution >= 4 is 29.1 Å². The van der Waals surface area contributed by atoms with E-state index in [1.807, 2.05) is 18.5 Å². The fraction of sp³-hybridized carbons (Fsp3) is 0.692. The third-order valence-corrected chi connectivity index (χ3v) is 5.63. The minimum Gasteiger partial charge on any atom is -0.465 e. The number of esters is 1. The Kier molecular flexibility index (Phi) is 5.24. The number of nitrogens with zero attached hydrogens (tertiary/aromatic N) is 1. The van der Waals surface area contributed by atoms with Gasteiger partial charge in [0.2, 0.25) is 0 Å². The van der Waals surface area contributed by atoms with E-state index in [1.165, 1.54) is 0 Å². The average Bonchev–Trinajstić information content (AvgIpc) is 3.01. The second-order valence-electron chi connectivity index (χ2n) is 4.79. The monoisotopic (exact) mass is 300 g/mol. The van der Waals surface area contributed by atoms with Crippen molar-refractivity contribution in [2.75, 3.05) is 12.4 Å². The van der Waals surface area contributed by atoms with Gasteiger partial charge in [-0.1, -0.05) is 18.2 Å². The van der Waals surface area contributed by atoms with Crippen molar-refractivity contribution in [3.8, 4) is 0 Å². The zero-order valence-electron chi connectivity index (χ0n) is 11.1. The van der Waals surface area contributed by atoms with E-state index in [2.05, 4.69) is 4.98 Å². The quantitative estimate of drug-likeness (QED) is 0.646. The van der Waals surface area contributed by atoms with Crippen LogP contribution in [0.15, 0.2) is 15.9 Å². The summed E-state index contributed by atoms with van der Waals surface area (Å²) in [5, 5.41) is 1.98. The summed E-state index contributed by atoms with van der Waals surface area (Å²) < 4.78 is 6.21. The molecule has 1 aliphatic carbocycles. The third kappa shape index (κ3) is 3.49. The van der Waals surface area contributed by atoms with Gasteiger partial charge in [0.25, 0.3) is 0 Å².